The Kier molecular flexibility index (Phi) is 5.17. The Morgan fingerprint density at radius 3 is 2.82 bits per heavy atom. The molecule has 0 bridgehead atoms. The first-order valence-electron chi connectivity index (χ1n) is 11.6. The Labute approximate surface area is 199 Å². The topological polar surface area (TPSA) is 81.0 Å². The number of ether oxygens (including phenoxy) is 1. The molecule has 0 radical (unpaired) electrons. The number of fused-ring (bicyclic) bond motifs is 4. The van der Waals surface area contributed by atoms with Crippen LogP contribution < -0.4 is 10.5 Å². The molecule has 1 atom stereocenters. The molecule has 2 aromatic heterocycles. The summed E-state index contributed by atoms with van der Waals surface area (Å²) in [6.07, 6.45) is 4.20. The molecular weight excluding hydrogens is 450 g/mol. The highest BCUT2D eigenvalue weighted by atomic mass is 32.1. The molecule has 1 amide bonds. The lowest BCUT2D eigenvalue weighted by Gasteiger charge is -2.18. The first-order chi connectivity index (χ1) is 16.6. The quantitative estimate of drug-likeness (QED) is 0.420. The van der Waals surface area contributed by atoms with Gasteiger partial charge in [0.25, 0.3) is 5.56 Å². The van der Waals surface area contributed by atoms with E-state index in [1.54, 1.807) is 20.6 Å². The minimum absolute atomic E-state index is 0.0773. The van der Waals surface area contributed by atoms with Crippen molar-refractivity contribution in [1.29, 1.82) is 0 Å². The number of hydrogen-bond donors (Lipinski definition) is 0. The normalized spacial score (nSPS) is 17.9. The summed E-state index contributed by atoms with van der Waals surface area (Å²) in [7, 11) is 0. The Morgan fingerprint density at radius 1 is 1.09 bits per heavy atom. The zero-order valence-corrected chi connectivity index (χ0v) is 19.3. The summed E-state index contributed by atoms with van der Waals surface area (Å²) in [4.78, 5) is 46.4. The van der Waals surface area contributed by atoms with E-state index in [0.29, 0.717) is 10.7 Å². The fourth-order valence-corrected chi connectivity index (χ4v) is 6.25. The van der Waals surface area contributed by atoms with Gasteiger partial charge >= 0.3 is 5.97 Å². The summed E-state index contributed by atoms with van der Waals surface area (Å²) in [5.74, 6) is -1.09. The number of rotatable bonds is 4. The van der Waals surface area contributed by atoms with Gasteiger partial charge in [-0.2, -0.15) is 0 Å². The Hall–Kier alpha value is -3.52. The van der Waals surface area contributed by atoms with Crippen LogP contribution in [0.3, 0.4) is 0 Å². The lowest BCUT2D eigenvalue weighted by Crippen LogP contribution is -2.26. The van der Waals surface area contributed by atoms with Crippen LogP contribution in [0.2, 0.25) is 0 Å². The number of anilines is 1. The molecule has 0 spiro atoms. The monoisotopic (exact) mass is 473 g/mol. The number of aromatic nitrogens is 2. The molecule has 1 aliphatic carbocycles. The van der Waals surface area contributed by atoms with Gasteiger partial charge in [-0.25, -0.2) is 4.98 Å². The average molecular weight is 474 g/mol. The van der Waals surface area contributed by atoms with Gasteiger partial charge in [-0.3, -0.25) is 18.8 Å². The fourth-order valence-electron chi connectivity index (χ4n) is 5.02. The van der Waals surface area contributed by atoms with Gasteiger partial charge in [-0.1, -0.05) is 36.4 Å². The molecule has 0 N–H and O–H groups in total. The summed E-state index contributed by atoms with van der Waals surface area (Å²) in [5, 5.41) is 2.02. The van der Waals surface area contributed by atoms with Crippen molar-refractivity contribution in [2.24, 2.45) is 5.92 Å². The van der Waals surface area contributed by atoms with Crippen molar-refractivity contribution in [3.8, 4) is 0 Å². The summed E-state index contributed by atoms with van der Waals surface area (Å²) >= 11 is 1.55. The van der Waals surface area contributed by atoms with Gasteiger partial charge in [0.15, 0.2) is 4.96 Å². The van der Waals surface area contributed by atoms with Crippen molar-refractivity contribution in [2.45, 2.75) is 38.7 Å². The third-order valence-corrected chi connectivity index (χ3v) is 7.84. The van der Waals surface area contributed by atoms with Crippen LogP contribution in [0, 0.1) is 5.92 Å². The van der Waals surface area contributed by atoms with E-state index in [4.69, 9.17) is 4.74 Å². The molecule has 0 saturated carbocycles. The van der Waals surface area contributed by atoms with Crippen LogP contribution in [0.1, 0.15) is 35.5 Å². The van der Waals surface area contributed by atoms with Gasteiger partial charge < -0.3 is 9.64 Å². The molecule has 8 heteroatoms. The van der Waals surface area contributed by atoms with Crippen molar-refractivity contribution in [1.82, 2.24) is 9.38 Å². The first kappa shape index (κ1) is 21.0. The lowest BCUT2D eigenvalue weighted by molar-refractivity contribution is -0.149. The fraction of sp³-hybridized carbons (Fsp3) is 0.308. The molecule has 7 nitrogen and oxygen atoms in total. The van der Waals surface area contributed by atoms with Gasteiger partial charge in [0.2, 0.25) is 5.91 Å². The van der Waals surface area contributed by atoms with Crippen molar-refractivity contribution in [3.05, 3.63) is 75.1 Å². The van der Waals surface area contributed by atoms with Crippen LogP contribution in [0.5, 0.6) is 0 Å². The number of benzene rings is 2. The molecule has 0 unspecified atom stereocenters. The standard InChI is InChI=1S/C26H23N3O4S/c30-23-12-17(14-28(23)20-10-5-7-16-6-1-2-8-19(16)20)25(32)33-15-18-13-24(31)29-21-9-3-4-11-22(21)34-26(29)27-18/h1-2,5-8,10,13,17H,3-4,9,11-12,14-15H2/t17-/m0/s1. The third-order valence-electron chi connectivity index (χ3n) is 6.69. The molecular formula is C26H23N3O4S. The number of nitrogens with zero attached hydrogens (tertiary/aromatic N) is 3. The zero-order chi connectivity index (χ0) is 23.2. The minimum Gasteiger partial charge on any atom is -0.459 e. The second-order valence-electron chi connectivity index (χ2n) is 8.89. The SMILES string of the molecule is O=C(OCc1cc(=O)n2c3c(sc2n1)CCCC3)[C@H]1CC(=O)N(c2cccc3ccccc23)C1. The molecule has 1 saturated heterocycles. The van der Waals surface area contributed by atoms with Gasteiger partial charge in [0.1, 0.15) is 6.61 Å². The van der Waals surface area contributed by atoms with E-state index in [0.717, 1.165) is 47.8 Å². The second-order valence-corrected chi connectivity index (χ2v) is 9.96. The van der Waals surface area contributed by atoms with E-state index in [1.165, 1.54) is 10.9 Å². The van der Waals surface area contributed by atoms with E-state index in [9.17, 15) is 14.4 Å². The first-order valence-corrected chi connectivity index (χ1v) is 12.4. The van der Waals surface area contributed by atoms with E-state index in [1.807, 2.05) is 42.5 Å². The number of carbonyl (C=O) groups excluding carboxylic acids is 2. The number of thiazole rings is 1. The molecule has 1 fully saturated rings. The zero-order valence-electron chi connectivity index (χ0n) is 18.5. The van der Waals surface area contributed by atoms with Crippen LogP contribution in [-0.2, 0) is 33.8 Å². The summed E-state index contributed by atoms with van der Waals surface area (Å²) in [6.45, 7) is 0.199. The van der Waals surface area contributed by atoms with Crippen molar-refractivity contribution in [2.75, 3.05) is 11.4 Å². The van der Waals surface area contributed by atoms with Crippen LogP contribution in [0.15, 0.2) is 53.3 Å². The molecule has 172 valence electrons. The predicted molar refractivity (Wildman–Crippen MR) is 130 cm³/mol. The Balaban J connectivity index is 1.18. The second kappa shape index (κ2) is 8.36. The predicted octanol–water partition coefficient (Wildman–Crippen LogP) is 3.88. The van der Waals surface area contributed by atoms with Gasteiger partial charge in [0, 0.05) is 35.0 Å². The maximum absolute atomic E-state index is 12.8. The summed E-state index contributed by atoms with van der Waals surface area (Å²) in [6, 6.07) is 15.1. The third kappa shape index (κ3) is 3.58. The van der Waals surface area contributed by atoms with E-state index >= 15 is 0 Å². The van der Waals surface area contributed by atoms with Crippen LogP contribution >= 0.6 is 11.3 Å². The van der Waals surface area contributed by atoms with E-state index in [-0.39, 0.29) is 31.0 Å². The minimum atomic E-state index is -0.551. The number of amides is 1. The van der Waals surface area contributed by atoms with Crippen molar-refractivity contribution < 1.29 is 14.3 Å². The highest BCUT2D eigenvalue weighted by Crippen LogP contribution is 2.32. The Bertz CT molecular complexity index is 1500. The lowest BCUT2D eigenvalue weighted by atomic mass is 10.0. The molecule has 6 rings (SSSR count). The number of esters is 1. The largest absolute Gasteiger partial charge is 0.459 e. The van der Waals surface area contributed by atoms with Gasteiger partial charge in [-0.05, 0) is 37.1 Å². The van der Waals surface area contributed by atoms with Crippen LogP contribution in [0.25, 0.3) is 15.7 Å². The molecule has 3 heterocycles. The Morgan fingerprint density at radius 2 is 1.91 bits per heavy atom. The summed E-state index contributed by atoms with van der Waals surface area (Å²) < 4.78 is 7.21. The molecule has 1 aliphatic heterocycles. The number of hydrogen-bond acceptors (Lipinski definition) is 6. The molecule has 34 heavy (non-hydrogen) atoms. The molecule has 2 aliphatic rings. The van der Waals surface area contributed by atoms with E-state index in [2.05, 4.69) is 4.98 Å². The van der Waals surface area contributed by atoms with Gasteiger partial charge in [-0.15, -0.1) is 11.3 Å². The number of carbonyl (C=O) groups is 2. The highest BCUT2D eigenvalue weighted by Gasteiger charge is 2.36. The maximum atomic E-state index is 12.8. The highest BCUT2D eigenvalue weighted by molar-refractivity contribution is 7.17. The average Bonchev–Trinajstić information content (AvgIpc) is 3.42. The van der Waals surface area contributed by atoms with Crippen LogP contribution in [-0.4, -0.2) is 27.8 Å². The molecule has 2 aromatic carbocycles. The summed E-state index contributed by atoms with van der Waals surface area (Å²) in [5.41, 5.74) is 2.19. The van der Waals surface area contributed by atoms with Crippen molar-refractivity contribution in [3.63, 3.8) is 0 Å². The number of aryl methyl sites for hydroxylation is 2. The van der Waals surface area contributed by atoms with Crippen molar-refractivity contribution >= 4 is 44.6 Å². The van der Waals surface area contributed by atoms with Crippen LogP contribution in [0.4, 0.5) is 5.69 Å². The smallest absolute Gasteiger partial charge is 0.311 e. The molecule has 4 aromatic rings. The maximum Gasteiger partial charge on any atom is 0.311 e. The van der Waals surface area contributed by atoms with Gasteiger partial charge in [0.05, 0.1) is 17.3 Å². The van der Waals surface area contributed by atoms with E-state index < -0.39 is 11.9 Å².